The van der Waals surface area contributed by atoms with Crippen molar-refractivity contribution in [1.29, 1.82) is 0 Å². The molecule has 0 radical (unpaired) electrons. The highest BCUT2D eigenvalue weighted by molar-refractivity contribution is 6.00. The van der Waals surface area contributed by atoms with Crippen molar-refractivity contribution < 1.29 is 18.7 Å². The molecule has 3 rings (SSSR count). The lowest BCUT2D eigenvalue weighted by Gasteiger charge is -2.03. The molecule has 3 aromatic rings. The van der Waals surface area contributed by atoms with Crippen LogP contribution in [-0.2, 0) is 0 Å². The largest absolute Gasteiger partial charge is 0.497 e. The highest BCUT2D eigenvalue weighted by atomic mass is 16.5. The number of nitrogens with one attached hydrogen (secondary N) is 1. The minimum Gasteiger partial charge on any atom is -0.497 e. The summed E-state index contributed by atoms with van der Waals surface area (Å²) < 4.78 is 15.6. The number of hydrogen-bond acceptors (Lipinski definition) is 6. The Morgan fingerprint density at radius 2 is 1.75 bits per heavy atom. The first kappa shape index (κ1) is 15.5. The van der Waals surface area contributed by atoms with E-state index >= 15 is 0 Å². The Morgan fingerprint density at radius 3 is 2.46 bits per heavy atom. The maximum atomic E-state index is 12.2. The molecule has 1 N–H and O–H groups in total. The third kappa shape index (κ3) is 3.35. The van der Waals surface area contributed by atoms with E-state index in [0.29, 0.717) is 22.7 Å². The van der Waals surface area contributed by atoms with Gasteiger partial charge in [-0.05, 0) is 42.5 Å². The topological polar surface area (TPSA) is 86.5 Å². The number of methoxy groups -OCH3 is 2. The summed E-state index contributed by atoms with van der Waals surface area (Å²) in [5.74, 6) is 1.00. The third-order valence-electron chi connectivity index (χ3n) is 3.28. The van der Waals surface area contributed by atoms with Gasteiger partial charge < -0.3 is 19.2 Å². The van der Waals surface area contributed by atoms with Crippen molar-refractivity contribution in [3.05, 3.63) is 54.4 Å². The molecular weight excluding hydrogens is 310 g/mol. The number of ether oxygens (including phenoxy) is 2. The van der Waals surface area contributed by atoms with E-state index in [9.17, 15) is 4.79 Å². The molecule has 0 aliphatic heterocycles. The smallest absolute Gasteiger partial charge is 0.313 e. The van der Waals surface area contributed by atoms with E-state index in [4.69, 9.17) is 13.9 Å². The highest BCUT2D eigenvalue weighted by Crippen LogP contribution is 2.23. The van der Waals surface area contributed by atoms with Crippen LogP contribution < -0.4 is 14.8 Å². The molecule has 0 aliphatic carbocycles. The number of benzene rings is 2. The predicted octanol–water partition coefficient (Wildman–Crippen LogP) is 3.01. The van der Waals surface area contributed by atoms with Crippen LogP contribution in [0.25, 0.3) is 11.5 Å². The SMILES string of the molecule is COc1ccc(NC(=O)c2nnc(-c3cccc(OC)c3)o2)cc1. The summed E-state index contributed by atoms with van der Waals surface area (Å²) in [5.41, 5.74) is 1.27. The van der Waals surface area contributed by atoms with Gasteiger partial charge in [-0.1, -0.05) is 6.07 Å². The molecule has 0 fully saturated rings. The molecule has 1 amide bonds. The fourth-order valence-corrected chi connectivity index (χ4v) is 2.05. The van der Waals surface area contributed by atoms with Crippen LogP contribution in [0.1, 0.15) is 10.7 Å². The zero-order valence-electron chi connectivity index (χ0n) is 13.1. The molecule has 122 valence electrons. The second-order valence-corrected chi connectivity index (χ2v) is 4.83. The van der Waals surface area contributed by atoms with Crippen molar-refractivity contribution >= 4 is 11.6 Å². The van der Waals surface area contributed by atoms with Crippen molar-refractivity contribution in [2.24, 2.45) is 0 Å². The van der Waals surface area contributed by atoms with E-state index in [-0.39, 0.29) is 11.8 Å². The number of hydrogen-bond donors (Lipinski definition) is 1. The zero-order chi connectivity index (χ0) is 16.9. The number of carbonyl (C=O) groups excluding carboxylic acids is 1. The van der Waals surface area contributed by atoms with Crippen LogP contribution in [0.4, 0.5) is 5.69 Å². The molecule has 0 aliphatic rings. The molecule has 0 unspecified atom stereocenters. The van der Waals surface area contributed by atoms with Crippen LogP contribution in [0.3, 0.4) is 0 Å². The van der Waals surface area contributed by atoms with E-state index in [1.54, 1.807) is 62.8 Å². The predicted molar refractivity (Wildman–Crippen MR) is 87.2 cm³/mol. The monoisotopic (exact) mass is 325 g/mol. The van der Waals surface area contributed by atoms with Gasteiger partial charge >= 0.3 is 11.8 Å². The third-order valence-corrected chi connectivity index (χ3v) is 3.28. The van der Waals surface area contributed by atoms with E-state index < -0.39 is 5.91 Å². The average Bonchev–Trinajstić information content (AvgIpc) is 3.13. The minimum absolute atomic E-state index is 0.122. The summed E-state index contributed by atoms with van der Waals surface area (Å²) in [6.45, 7) is 0. The van der Waals surface area contributed by atoms with Gasteiger partial charge in [0.05, 0.1) is 14.2 Å². The molecule has 2 aromatic carbocycles. The summed E-state index contributed by atoms with van der Waals surface area (Å²) in [5, 5.41) is 10.4. The summed E-state index contributed by atoms with van der Waals surface area (Å²) in [4.78, 5) is 12.2. The second kappa shape index (κ2) is 6.82. The van der Waals surface area contributed by atoms with Crippen molar-refractivity contribution in [3.63, 3.8) is 0 Å². The van der Waals surface area contributed by atoms with E-state index in [2.05, 4.69) is 15.5 Å². The van der Waals surface area contributed by atoms with Crippen molar-refractivity contribution in [1.82, 2.24) is 10.2 Å². The van der Waals surface area contributed by atoms with Gasteiger partial charge in [0.1, 0.15) is 11.5 Å². The lowest BCUT2D eigenvalue weighted by molar-refractivity contribution is 0.0991. The van der Waals surface area contributed by atoms with Crippen molar-refractivity contribution in [3.8, 4) is 23.0 Å². The Bertz CT molecular complexity index is 843. The minimum atomic E-state index is -0.484. The number of rotatable bonds is 5. The van der Waals surface area contributed by atoms with Gasteiger partial charge in [-0.15, -0.1) is 10.2 Å². The summed E-state index contributed by atoms with van der Waals surface area (Å²) in [6, 6.07) is 14.1. The summed E-state index contributed by atoms with van der Waals surface area (Å²) in [6.07, 6.45) is 0. The molecule has 7 heteroatoms. The fraction of sp³-hybridized carbons (Fsp3) is 0.118. The lowest BCUT2D eigenvalue weighted by atomic mass is 10.2. The number of amides is 1. The van der Waals surface area contributed by atoms with Gasteiger partial charge in [0.25, 0.3) is 0 Å². The quantitative estimate of drug-likeness (QED) is 0.776. The molecule has 0 saturated carbocycles. The summed E-state index contributed by atoms with van der Waals surface area (Å²) in [7, 11) is 3.15. The Labute approximate surface area is 138 Å². The van der Waals surface area contributed by atoms with E-state index in [1.807, 2.05) is 0 Å². The Hall–Kier alpha value is -3.35. The van der Waals surface area contributed by atoms with Crippen LogP contribution in [0.5, 0.6) is 11.5 Å². The van der Waals surface area contributed by atoms with Crippen molar-refractivity contribution in [2.45, 2.75) is 0 Å². The van der Waals surface area contributed by atoms with Crippen LogP contribution >= 0.6 is 0 Å². The van der Waals surface area contributed by atoms with Crippen molar-refractivity contribution in [2.75, 3.05) is 19.5 Å². The van der Waals surface area contributed by atoms with Gasteiger partial charge in [0.15, 0.2) is 0 Å². The zero-order valence-corrected chi connectivity index (χ0v) is 13.1. The van der Waals surface area contributed by atoms with E-state index in [1.165, 1.54) is 0 Å². The van der Waals surface area contributed by atoms with Gasteiger partial charge in [-0.2, -0.15) is 0 Å². The first-order chi connectivity index (χ1) is 11.7. The average molecular weight is 325 g/mol. The molecular formula is C17H15N3O4. The molecule has 0 saturated heterocycles. The molecule has 0 bridgehead atoms. The molecule has 7 nitrogen and oxygen atoms in total. The maximum absolute atomic E-state index is 12.2. The number of anilines is 1. The summed E-state index contributed by atoms with van der Waals surface area (Å²) >= 11 is 0. The standard InChI is InChI=1S/C17H15N3O4/c1-22-13-8-6-12(7-9-13)18-15(21)17-20-19-16(24-17)11-4-3-5-14(10-11)23-2/h3-10H,1-2H3,(H,18,21). The van der Waals surface area contributed by atoms with Gasteiger partial charge in [-0.3, -0.25) is 4.79 Å². The number of aromatic nitrogens is 2. The lowest BCUT2D eigenvalue weighted by Crippen LogP contribution is -2.12. The van der Waals surface area contributed by atoms with Gasteiger partial charge in [0, 0.05) is 11.3 Å². The Kier molecular flexibility index (Phi) is 4.42. The van der Waals surface area contributed by atoms with Crippen LogP contribution in [0, 0.1) is 0 Å². The fourth-order valence-electron chi connectivity index (χ4n) is 2.05. The maximum Gasteiger partial charge on any atom is 0.313 e. The van der Waals surface area contributed by atoms with Crippen LogP contribution in [0.2, 0.25) is 0 Å². The van der Waals surface area contributed by atoms with Crippen LogP contribution in [-0.4, -0.2) is 30.3 Å². The normalized spacial score (nSPS) is 10.2. The number of carbonyl (C=O) groups is 1. The molecule has 0 atom stereocenters. The van der Waals surface area contributed by atoms with Gasteiger partial charge in [0.2, 0.25) is 5.89 Å². The molecule has 1 aromatic heterocycles. The first-order valence-electron chi connectivity index (χ1n) is 7.13. The molecule has 24 heavy (non-hydrogen) atoms. The Balaban J connectivity index is 1.75. The van der Waals surface area contributed by atoms with E-state index in [0.717, 1.165) is 0 Å². The number of nitrogens with zero attached hydrogens (tertiary/aromatic N) is 2. The first-order valence-corrected chi connectivity index (χ1v) is 7.13. The molecule has 0 spiro atoms. The van der Waals surface area contributed by atoms with Gasteiger partial charge in [-0.25, -0.2) is 0 Å². The highest BCUT2D eigenvalue weighted by Gasteiger charge is 2.16. The Morgan fingerprint density at radius 1 is 1.00 bits per heavy atom. The van der Waals surface area contributed by atoms with Crippen LogP contribution in [0.15, 0.2) is 52.9 Å². The molecule has 1 heterocycles. The second-order valence-electron chi connectivity index (χ2n) is 4.83.